The molecular weight excluding hydrogens is 294 g/mol. The summed E-state index contributed by atoms with van der Waals surface area (Å²) in [4.78, 5) is 14.7. The van der Waals surface area contributed by atoms with E-state index in [9.17, 15) is 4.79 Å². The van der Waals surface area contributed by atoms with Crippen LogP contribution < -0.4 is 10.3 Å². The lowest BCUT2D eigenvalue weighted by Crippen LogP contribution is -2.11. The van der Waals surface area contributed by atoms with Crippen molar-refractivity contribution in [2.24, 2.45) is 0 Å². The van der Waals surface area contributed by atoms with Gasteiger partial charge in [-0.15, -0.1) is 0 Å². The van der Waals surface area contributed by atoms with Crippen molar-refractivity contribution >= 4 is 26.7 Å². The molecule has 0 aliphatic heterocycles. The zero-order valence-electron chi connectivity index (χ0n) is 10.5. The van der Waals surface area contributed by atoms with Crippen LogP contribution in [0.4, 0.5) is 0 Å². The second-order valence-corrected chi connectivity index (χ2v) is 5.18. The maximum atomic E-state index is 11.9. The summed E-state index contributed by atoms with van der Waals surface area (Å²) < 4.78 is 6.27. The van der Waals surface area contributed by atoms with Gasteiger partial charge in [0.2, 0.25) is 0 Å². The molecular formula is C14H16BrNO2. The molecule has 0 aliphatic rings. The number of aromatic nitrogens is 1. The molecule has 1 heterocycles. The van der Waals surface area contributed by atoms with E-state index in [4.69, 9.17) is 4.74 Å². The molecule has 2 rings (SSSR count). The summed E-state index contributed by atoms with van der Waals surface area (Å²) in [6.45, 7) is 2.15. The molecule has 1 aromatic heterocycles. The first-order valence-electron chi connectivity index (χ1n) is 6.05. The van der Waals surface area contributed by atoms with Crippen LogP contribution in [0.25, 0.3) is 10.8 Å². The van der Waals surface area contributed by atoms with E-state index in [1.165, 1.54) is 0 Å². The van der Waals surface area contributed by atoms with E-state index >= 15 is 0 Å². The second-order valence-electron chi connectivity index (χ2n) is 4.26. The number of benzene rings is 1. The molecule has 0 radical (unpaired) electrons. The number of hydrogen-bond acceptors (Lipinski definition) is 2. The molecule has 3 nitrogen and oxygen atoms in total. The van der Waals surface area contributed by atoms with Gasteiger partial charge in [-0.3, -0.25) is 9.78 Å². The van der Waals surface area contributed by atoms with Gasteiger partial charge in [0.05, 0.1) is 7.11 Å². The molecule has 0 atom stereocenters. The SMILES string of the molecule is CCCCc1c(OC)[nH]c(=O)c2ccc(Br)cc12. The van der Waals surface area contributed by atoms with E-state index in [0.29, 0.717) is 11.3 Å². The molecule has 0 saturated heterocycles. The van der Waals surface area contributed by atoms with Gasteiger partial charge in [-0.05, 0) is 36.4 Å². The normalized spacial score (nSPS) is 10.8. The van der Waals surface area contributed by atoms with Gasteiger partial charge in [-0.1, -0.05) is 29.3 Å². The highest BCUT2D eigenvalue weighted by molar-refractivity contribution is 9.10. The predicted octanol–water partition coefficient (Wildman–Crippen LogP) is 3.64. The molecule has 2 aromatic rings. The Bertz CT molecular complexity index is 619. The number of pyridine rings is 1. The number of halogens is 1. The molecule has 0 amide bonds. The number of hydrogen-bond donors (Lipinski definition) is 1. The molecule has 18 heavy (non-hydrogen) atoms. The number of nitrogens with one attached hydrogen (secondary N) is 1. The van der Waals surface area contributed by atoms with Gasteiger partial charge in [-0.2, -0.15) is 0 Å². The summed E-state index contributed by atoms with van der Waals surface area (Å²) >= 11 is 3.45. The maximum absolute atomic E-state index is 11.9. The quantitative estimate of drug-likeness (QED) is 0.937. The van der Waals surface area contributed by atoms with Crippen LogP contribution in [0.5, 0.6) is 5.88 Å². The Balaban J connectivity index is 2.72. The summed E-state index contributed by atoms with van der Waals surface area (Å²) in [6.07, 6.45) is 3.09. The van der Waals surface area contributed by atoms with Gasteiger partial charge >= 0.3 is 0 Å². The van der Waals surface area contributed by atoms with Gasteiger partial charge in [0.25, 0.3) is 5.56 Å². The first-order chi connectivity index (χ1) is 8.67. The third-order valence-electron chi connectivity index (χ3n) is 3.04. The Morgan fingerprint density at radius 1 is 1.33 bits per heavy atom. The Kier molecular flexibility index (Phi) is 4.07. The summed E-state index contributed by atoms with van der Waals surface area (Å²) in [6, 6.07) is 5.71. The second kappa shape index (κ2) is 5.57. The molecule has 0 unspecified atom stereocenters. The molecule has 0 saturated carbocycles. The molecule has 96 valence electrons. The van der Waals surface area contributed by atoms with Crippen LogP contribution in [0, 0.1) is 0 Å². The lowest BCUT2D eigenvalue weighted by Gasteiger charge is -2.11. The van der Waals surface area contributed by atoms with E-state index in [2.05, 4.69) is 27.8 Å². The van der Waals surface area contributed by atoms with Crippen LogP contribution in [-0.2, 0) is 6.42 Å². The minimum Gasteiger partial charge on any atom is -0.482 e. The van der Waals surface area contributed by atoms with Crippen molar-refractivity contribution in [3.63, 3.8) is 0 Å². The van der Waals surface area contributed by atoms with E-state index in [0.717, 1.165) is 34.7 Å². The summed E-state index contributed by atoms with van der Waals surface area (Å²) in [5.41, 5.74) is 0.977. The van der Waals surface area contributed by atoms with Crippen LogP contribution in [-0.4, -0.2) is 12.1 Å². The fourth-order valence-corrected chi connectivity index (χ4v) is 2.47. The summed E-state index contributed by atoms with van der Waals surface area (Å²) in [5.74, 6) is 0.582. The highest BCUT2D eigenvalue weighted by Crippen LogP contribution is 2.27. The van der Waals surface area contributed by atoms with E-state index < -0.39 is 0 Å². The molecule has 4 heteroatoms. The van der Waals surface area contributed by atoms with E-state index in [1.807, 2.05) is 18.2 Å². The predicted molar refractivity (Wildman–Crippen MR) is 77.4 cm³/mol. The van der Waals surface area contributed by atoms with Crippen LogP contribution in [0.1, 0.15) is 25.3 Å². The van der Waals surface area contributed by atoms with Crippen LogP contribution in [0.3, 0.4) is 0 Å². The smallest absolute Gasteiger partial charge is 0.258 e. The van der Waals surface area contributed by atoms with Crippen molar-refractivity contribution in [3.8, 4) is 5.88 Å². The van der Waals surface area contributed by atoms with Crippen molar-refractivity contribution in [1.29, 1.82) is 0 Å². The van der Waals surface area contributed by atoms with Crippen molar-refractivity contribution in [2.45, 2.75) is 26.2 Å². The van der Waals surface area contributed by atoms with Crippen LogP contribution >= 0.6 is 15.9 Å². The van der Waals surface area contributed by atoms with Gasteiger partial charge in [0, 0.05) is 15.4 Å². The minimum atomic E-state index is -0.102. The average Bonchev–Trinajstić information content (AvgIpc) is 2.37. The zero-order chi connectivity index (χ0) is 13.1. The Labute approximate surface area is 114 Å². The summed E-state index contributed by atoms with van der Waals surface area (Å²) in [5, 5.41) is 1.68. The summed E-state index contributed by atoms with van der Waals surface area (Å²) in [7, 11) is 1.59. The number of aryl methyl sites for hydroxylation is 1. The number of rotatable bonds is 4. The molecule has 0 spiro atoms. The maximum Gasteiger partial charge on any atom is 0.258 e. The van der Waals surface area contributed by atoms with Gasteiger partial charge in [0.1, 0.15) is 0 Å². The number of aromatic amines is 1. The highest BCUT2D eigenvalue weighted by Gasteiger charge is 2.11. The lowest BCUT2D eigenvalue weighted by molar-refractivity contribution is 0.392. The van der Waals surface area contributed by atoms with Gasteiger partial charge < -0.3 is 4.74 Å². The first kappa shape index (κ1) is 13.1. The van der Waals surface area contributed by atoms with E-state index in [1.54, 1.807) is 7.11 Å². The molecule has 0 fully saturated rings. The first-order valence-corrected chi connectivity index (χ1v) is 6.85. The van der Waals surface area contributed by atoms with Crippen molar-refractivity contribution in [1.82, 2.24) is 4.98 Å². The fraction of sp³-hybridized carbons (Fsp3) is 0.357. The van der Waals surface area contributed by atoms with Crippen molar-refractivity contribution in [3.05, 3.63) is 38.6 Å². The molecule has 0 aliphatic carbocycles. The van der Waals surface area contributed by atoms with Crippen molar-refractivity contribution < 1.29 is 4.74 Å². The Hall–Kier alpha value is -1.29. The minimum absolute atomic E-state index is 0.102. The van der Waals surface area contributed by atoms with Gasteiger partial charge in [-0.25, -0.2) is 0 Å². The number of fused-ring (bicyclic) bond motifs is 1. The molecule has 1 N–H and O–H groups in total. The highest BCUT2D eigenvalue weighted by atomic mass is 79.9. The number of unbranched alkanes of at least 4 members (excludes halogenated alkanes) is 1. The van der Waals surface area contributed by atoms with Crippen LogP contribution in [0.15, 0.2) is 27.5 Å². The number of ether oxygens (including phenoxy) is 1. The largest absolute Gasteiger partial charge is 0.482 e. The Morgan fingerprint density at radius 2 is 2.11 bits per heavy atom. The van der Waals surface area contributed by atoms with Crippen LogP contribution in [0.2, 0.25) is 0 Å². The molecule has 0 bridgehead atoms. The fourth-order valence-electron chi connectivity index (χ4n) is 2.11. The zero-order valence-corrected chi connectivity index (χ0v) is 12.1. The lowest BCUT2D eigenvalue weighted by atomic mass is 10.0. The third kappa shape index (κ3) is 2.43. The number of methoxy groups -OCH3 is 1. The standard InChI is InChI=1S/C14H16BrNO2/c1-3-4-5-11-12-8-9(15)6-7-10(12)13(17)16-14(11)18-2/h6-8H,3-5H2,1-2H3,(H,16,17). The molecule has 1 aromatic carbocycles. The van der Waals surface area contributed by atoms with Crippen molar-refractivity contribution in [2.75, 3.05) is 7.11 Å². The van der Waals surface area contributed by atoms with Gasteiger partial charge in [0.15, 0.2) is 5.88 Å². The average molecular weight is 310 g/mol. The van der Waals surface area contributed by atoms with E-state index in [-0.39, 0.29) is 5.56 Å². The number of H-pyrrole nitrogens is 1. The monoisotopic (exact) mass is 309 g/mol. The third-order valence-corrected chi connectivity index (χ3v) is 3.53. The Morgan fingerprint density at radius 3 is 2.78 bits per heavy atom. The topological polar surface area (TPSA) is 42.1 Å².